The largest absolute Gasteiger partial charge is 0.497 e. The number of hydrogen-bond acceptors (Lipinski definition) is 4. The number of aliphatic carboxylic acids is 1. The Morgan fingerprint density at radius 1 is 1.45 bits per heavy atom. The summed E-state index contributed by atoms with van der Waals surface area (Å²) in [7, 11) is 1.56. The molecule has 0 aliphatic heterocycles. The van der Waals surface area contributed by atoms with Crippen molar-refractivity contribution < 1.29 is 24.5 Å². The minimum atomic E-state index is -1.46. The number of hydrogen-bond donors (Lipinski definition) is 3. The maximum atomic E-state index is 11.5. The normalized spacial score (nSPS) is 12.1. The zero-order valence-electron chi connectivity index (χ0n) is 11.1. The van der Waals surface area contributed by atoms with Crippen molar-refractivity contribution in [3.05, 3.63) is 35.9 Å². The molecule has 0 bridgehead atoms. The summed E-state index contributed by atoms with van der Waals surface area (Å²) in [6.45, 7) is 0.0920. The van der Waals surface area contributed by atoms with Crippen LogP contribution < -0.4 is 10.1 Å². The quantitative estimate of drug-likeness (QED) is 0.637. The van der Waals surface area contributed by atoms with Crippen LogP contribution in [0.15, 0.2) is 30.3 Å². The molecule has 6 nitrogen and oxygen atoms in total. The van der Waals surface area contributed by atoms with Gasteiger partial charge in [0.05, 0.1) is 7.11 Å². The van der Waals surface area contributed by atoms with Crippen LogP contribution in [0.4, 0.5) is 0 Å². The van der Waals surface area contributed by atoms with Crippen LogP contribution in [0.3, 0.4) is 0 Å². The third-order valence-corrected chi connectivity index (χ3v) is 2.52. The predicted molar refractivity (Wildman–Crippen MR) is 73.3 cm³/mol. The molecule has 1 atom stereocenters. The van der Waals surface area contributed by atoms with Gasteiger partial charge in [0.15, 0.2) is 6.10 Å². The van der Waals surface area contributed by atoms with Gasteiger partial charge in [-0.25, -0.2) is 4.79 Å². The first-order valence-electron chi connectivity index (χ1n) is 6.03. The highest BCUT2D eigenvalue weighted by Crippen LogP contribution is 2.13. The monoisotopic (exact) mass is 279 g/mol. The lowest BCUT2D eigenvalue weighted by molar-refractivity contribution is -0.147. The molecule has 0 saturated heterocycles. The molecular formula is C14H17NO5. The zero-order valence-corrected chi connectivity index (χ0v) is 11.1. The van der Waals surface area contributed by atoms with Crippen LogP contribution in [-0.2, 0) is 9.59 Å². The molecule has 1 amide bonds. The Morgan fingerprint density at radius 3 is 2.85 bits per heavy atom. The maximum absolute atomic E-state index is 11.5. The van der Waals surface area contributed by atoms with Gasteiger partial charge in [-0.1, -0.05) is 12.1 Å². The van der Waals surface area contributed by atoms with Gasteiger partial charge < -0.3 is 20.3 Å². The van der Waals surface area contributed by atoms with Gasteiger partial charge in [-0.05, 0) is 23.8 Å². The van der Waals surface area contributed by atoms with Crippen LogP contribution in [0.1, 0.15) is 12.0 Å². The van der Waals surface area contributed by atoms with Crippen LogP contribution in [0.25, 0.3) is 6.08 Å². The number of carboxylic acids is 1. The van der Waals surface area contributed by atoms with Crippen molar-refractivity contribution in [3.63, 3.8) is 0 Å². The number of aliphatic hydroxyl groups is 1. The smallest absolute Gasteiger partial charge is 0.332 e. The first-order valence-corrected chi connectivity index (χ1v) is 6.03. The lowest BCUT2D eigenvalue weighted by atomic mass is 10.2. The van der Waals surface area contributed by atoms with Crippen LogP contribution in [0.5, 0.6) is 5.75 Å². The second kappa shape index (κ2) is 7.96. The number of carbonyl (C=O) groups is 2. The van der Waals surface area contributed by atoms with Gasteiger partial charge in [-0.3, -0.25) is 4.79 Å². The molecule has 0 heterocycles. The summed E-state index contributed by atoms with van der Waals surface area (Å²) in [5.41, 5.74) is 0.810. The Kier molecular flexibility index (Phi) is 6.25. The summed E-state index contributed by atoms with van der Waals surface area (Å²) in [6.07, 6.45) is 1.46. The molecule has 3 N–H and O–H groups in total. The number of amides is 1. The first kappa shape index (κ1) is 15.7. The molecule has 0 aliphatic carbocycles. The van der Waals surface area contributed by atoms with Gasteiger partial charge in [0.1, 0.15) is 5.75 Å². The topological polar surface area (TPSA) is 95.9 Å². The summed E-state index contributed by atoms with van der Waals surface area (Å²) < 4.78 is 5.06. The van der Waals surface area contributed by atoms with E-state index < -0.39 is 12.1 Å². The van der Waals surface area contributed by atoms with Gasteiger partial charge in [0.2, 0.25) is 5.91 Å². The van der Waals surface area contributed by atoms with Crippen molar-refractivity contribution >= 4 is 18.0 Å². The summed E-state index contributed by atoms with van der Waals surface area (Å²) >= 11 is 0. The third kappa shape index (κ3) is 5.53. The Hall–Kier alpha value is -2.34. The third-order valence-electron chi connectivity index (χ3n) is 2.52. The summed E-state index contributed by atoms with van der Waals surface area (Å²) in [5, 5.41) is 20.0. The van der Waals surface area contributed by atoms with E-state index in [2.05, 4.69) is 5.32 Å². The van der Waals surface area contributed by atoms with E-state index in [0.29, 0.717) is 5.75 Å². The van der Waals surface area contributed by atoms with Gasteiger partial charge >= 0.3 is 5.97 Å². The van der Waals surface area contributed by atoms with Crippen molar-refractivity contribution in [1.29, 1.82) is 0 Å². The summed E-state index contributed by atoms with van der Waals surface area (Å²) in [5.74, 6) is -0.964. The van der Waals surface area contributed by atoms with E-state index in [9.17, 15) is 9.59 Å². The molecule has 0 aromatic heterocycles. The van der Waals surface area contributed by atoms with E-state index in [4.69, 9.17) is 14.9 Å². The van der Waals surface area contributed by atoms with Gasteiger partial charge in [-0.2, -0.15) is 0 Å². The first-order chi connectivity index (χ1) is 9.52. The number of carboxylic acid groups (broad SMARTS) is 1. The minimum absolute atomic E-state index is 0.0337. The number of ether oxygens (including phenoxy) is 1. The van der Waals surface area contributed by atoms with Crippen LogP contribution in [0, 0.1) is 0 Å². The van der Waals surface area contributed by atoms with Crippen LogP contribution in [0.2, 0.25) is 0 Å². The zero-order chi connectivity index (χ0) is 15.0. The van der Waals surface area contributed by atoms with E-state index >= 15 is 0 Å². The van der Waals surface area contributed by atoms with Gasteiger partial charge in [0.25, 0.3) is 0 Å². The van der Waals surface area contributed by atoms with E-state index in [-0.39, 0.29) is 18.9 Å². The van der Waals surface area contributed by atoms with Crippen molar-refractivity contribution in [2.75, 3.05) is 13.7 Å². The standard InChI is InChI=1S/C14H17NO5/c1-20-11-4-2-3-10(9-11)5-6-13(17)15-8-7-12(16)14(18)19/h2-6,9,12,16H,7-8H2,1H3,(H,15,17)(H,18,19)/b6-5+. The van der Waals surface area contributed by atoms with Crippen molar-refractivity contribution in [3.8, 4) is 5.75 Å². The van der Waals surface area contributed by atoms with Gasteiger partial charge in [0, 0.05) is 19.0 Å². The van der Waals surface area contributed by atoms with E-state index in [1.165, 1.54) is 6.08 Å². The molecule has 6 heteroatoms. The lowest BCUT2D eigenvalue weighted by Crippen LogP contribution is -2.28. The SMILES string of the molecule is COc1cccc(/C=C/C(=O)NCCC(O)C(=O)O)c1. The highest BCUT2D eigenvalue weighted by molar-refractivity contribution is 5.91. The van der Waals surface area contributed by atoms with E-state index in [1.54, 1.807) is 31.4 Å². The molecule has 20 heavy (non-hydrogen) atoms. The van der Waals surface area contributed by atoms with Crippen LogP contribution >= 0.6 is 0 Å². The van der Waals surface area contributed by atoms with Gasteiger partial charge in [-0.15, -0.1) is 0 Å². The Morgan fingerprint density at radius 2 is 2.20 bits per heavy atom. The molecule has 1 aromatic carbocycles. The molecule has 0 saturated carbocycles. The van der Waals surface area contributed by atoms with Crippen molar-refractivity contribution in [1.82, 2.24) is 5.32 Å². The summed E-state index contributed by atoms with van der Waals surface area (Å²) in [4.78, 5) is 21.8. The Bertz CT molecular complexity index is 498. The molecule has 0 aliphatic rings. The molecule has 1 unspecified atom stereocenters. The van der Waals surface area contributed by atoms with E-state index in [1.807, 2.05) is 6.07 Å². The Balaban J connectivity index is 2.41. The molecule has 0 fully saturated rings. The summed E-state index contributed by atoms with van der Waals surface area (Å²) in [6, 6.07) is 7.20. The predicted octanol–water partition coefficient (Wildman–Crippen LogP) is 0.660. The second-order valence-electron chi connectivity index (χ2n) is 4.04. The highest BCUT2D eigenvalue weighted by Gasteiger charge is 2.12. The minimum Gasteiger partial charge on any atom is -0.497 e. The average Bonchev–Trinajstić information content (AvgIpc) is 2.45. The molecule has 1 rings (SSSR count). The molecule has 1 aromatic rings. The fraction of sp³-hybridized carbons (Fsp3) is 0.286. The fourth-order valence-electron chi connectivity index (χ4n) is 1.43. The second-order valence-corrected chi connectivity index (χ2v) is 4.04. The molecule has 108 valence electrons. The molecule has 0 spiro atoms. The lowest BCUT2D eigenvalue weighted by Gasteiger charge is -2.05. The number of aliphatic hydroxyl groups excluding tert-OH is 1. The Labute approximate surface area is 116 Å². The number of methoxy groups -OCH3 is 1. The highest BCUT2D eigenvalue weighted by atomic mass is 16.5. The molecule has 0 radical (unpaired) electrons. The fourth-order valence-corrected chi connectivity index (χ4v) is 1.43. The number of rotatable bonds is 7. The van der Waals surface area contributed by atoms with E-state index in [0.717, 1.165) is 5.56 Å². The van der Waals surface area contributed by atoms with Crippen molar-refractivity contribution in [2.45, 2.75) is 12.5 Å². The van der Waals surface area contributed by atoms with Crippen molar-refractivity contribution in [2.24, 2.45) is 0 Å². The number of benzene rings is 1. The average molecular weight is 279 g/mol. The number of nitrogens with one attached hydrogen (secondary N) is 1. The van der Waals surface area contributed by atoms with Crippen LogP contribution in [-0.4, -0.2) is 41.8 Å². The number of carbonyl (C=O) groups excluding carboxylic acids is 1. The molecular weight excluding hydrogens is 262 g/mol. The maximum Gasteiger partial charge on any atom is 0.332 e.